The van der Waals surface area contributed by atoms with E-state index in [1.165, 1.54) is 18.7 Å². The van der Waals surface area contributed by atoms with Crippen LogP contribution in [0, 0.1) is 6.92 Å². The molecule has 1 N–H and O–H groups in total. The lowest BCUT2D eigenvalue weighted by Crippen LogP contribution is -2.43. The van der Waals surface area contributed by atoms with Crippen LogP contribution < -0.4 is 14.4 Å². The van der Waals surface area contributed by atoms with Crippen LogP contribution >= 0.6 is 0 Å². The van der Waals surface area contributed by atoms with E-state index in [-0.39, 0.29) is 23.4 Å². The molecule has 3 aromatic rings. The summed E-state index contributed by atoms with van der Waals surface area (Å²) < 4.78 is 33.4. The van der Waals surface area contributed by atoms with Crippen LogP contribution in [0.1, 0.15) is 24.5 Å². The van der Waals surface area contributed by atoms with Crippen molar-refractivity contribution in [1.29, 1.82) is 0 Å². The normalized spacial score (nSPS) is 12.1. The molecule has 0 saturated carbocycles. The molecule has 3 aromatic carbocycles. The topological polar surface area (TPSA) is 75.7 Å². The molecule has 0 aromatic heterocycles. The van der Waals surface area contributed by atoms with E-state index in [1.807, 2.05) is 25.1 Å². The third-order valence-electron chi connectivity index (χ3n) is 5.40. The molecule has 0 heterocycles. The van der Waals surface area contributed by atoms with Crippen LogP contribution in [0.3, 0.4) is 0 Å². The summed E-state index contributed by atoms with van der Waals surface area (Å²) in [6.07, 6.45) is 1.58. The minimum absolute atomic E-state index is 0.0961. The smallest absolute Gasteiger partial charge is 0.264 e. The van der Waals surface area contributed by atoms with Crippen LogP contribution in [0.5, 0.6) is 5.75 Å². The van der Waals surface area contributed by atoms with Crippen molar-refractivity contribution in [2.24, 2.45) is 0 Å². The second-order valence-corrected chi connectivity index (χ2v) is 9.83. The molecule has 1 atom stereocenters. The molecular weight excluding hydrogens is 436 g/mol. The first-order chi connectivity index (χ1) is 15.8. The lowest BCUT2D eigenvalue weighted by atomic mass is 10.1. The highest BCUT2D eigenvalue weighted by Crippen LogP contribution is 2.27. The summed E-state index contributed by atoms with van der Waals surface area (Å²) in [5, 5.41) is 2.94. The van der Waals surface area contributed by atoms with Crippen molar-refractivity contribution in [2.45, 2.75) is 37.6 Å². The fourth-order valence-electron chi connectivity index (χ4n) is 3.60. The van der Waals surface area contributed by atoms with Gasteiger partial charge in [0.05, 0.1) is 17.7 Å². The number of carbonyl (C=O) groups is 1. The number of rotatable bonds is 10. The molecule has 0 fully saturated rings. The number of sulfonamides is 1. The Morgan fingerprint density at radius 1 is 1.00 bits per heavy atom. The van der Waals surface area contributed by atoms with Gasteiger partial charge in [-0.1, -0.05) is 48.5 Å². The SMILES string of the molecule is COc1ccc(S(=O)(=O)N(CC(=O)NC(C)CCc2ccccc2)c2ccccc2)cc1C. The molecule has 0 radical (unpaired) electrons. The summed E-state index contributed by atoms with van der Waals surface area (Å²) in [6.45, 7) is 3.40. The number of methoxy groups -OCH3 is 1. The third-order valence-corrected chi connectivity index (χ3v) is 7.17. The van der Waals surface area contributed by atoms with Crippen LogP contribution in [0.25, 0.3) is 0 Å². The Labute approximate surface area is 196 Å². The largest absolute Gasteiger partial charge is 0.496 e. The van der Waals surface area contributed by atoms with E-state index in [9.17, 15) is 13.2 Å². The van der Waals surface area contributed by atoms with Crippen molar-refractivity contribution < 1.29 is 17.9 Å². The van der Waals surface area contributed by atoms with E-state index in [2.05, 4.69) is 17.4 Å². The zero-order valence-corrected chi connectivity index (χ0v) is 20.0. The predicted octanol–water partition coefficient (Wildman–Crippen LogP) is 4.34. The van der Waals surface area contributed by atoms with Gasteiger partial charge in [-0.05, 0) is 68.1 Å². The monoisotopic (exact) mass is 466 g/mol. The number of anilines is 1. The summed E-state index contributed by atoms with van der Waals surface area (Å²) >= 11 is 0. The van der Waals surface area contributed by atoms with Gasteiger partial charge in [-0.25, -0.2) is 8.42 Å². The highest BCUT2D eigenvalue weighted by atomic mass is 32.2. The standard InChI is InChI=1S/C26H30N2O4S/c1-20-18-24(16-17-25(20)32-3)33(30,31)28(23-12-8-5-9-13-23)19-26(29)27-21(2)14-15-22-10-6-4-7-11-22/h4-13,16-18,21H,14-15,19H2,1-3H3,(H,27,29). The average molecular weight is 467 g/mol. The Kier molecular flexibility index (Phi) is 8.11. The van der Waals surface area contributed by atoms with E-state index in [0.29, 0.717) is 17.0 Å². The highest BCUT2D eigenvalue weighted by Gasteiger charge is 2.28. The summed E-state index contributed by atoms with van der Waals surface area (Å²) in [6, 6.07) is 23.3. The van der Waals surface area contributed by atoms with Crippen LogP contribution in [0.4, 0.5) is 5.69 Å². The molecule has 7 heteroatoms. The Hall–Kier alpha value is -3.32. The van der Waals surface area contributed by atoms with Gasteiger partial charge in [0.2, 0.25) is 5.91 Å². The van der Waals surface area contributed by atoms with E-state index in [4.69, 9.17) is 4.74 Å². The Bertz CT molecular complexity index is 1170. The predicted molar refractivity (Wildman–Crippen MR) is 131 cm³/mol. The molecule has 0 aliphatic heterocycles. The van der Waals surface area contributed by atoms with E-state index in [1.54, 1.807) is 49.4 Å². The quantitative estimate of drug-likeness (QED) is 0.482. The van der Waals surface area contributed by atoms with Crippen molar-refractivity contribution in [3.8, 4) is 5.75 Å². The van der Waals surface area contributed by atoms with Gasteiger partial charge in [0.25, 0.3) is 10.0 Å². The molecule has 0 saturated heterocycles. The molecule has 0 aliphatic rings. The maximum absolute atomic E-state index is 13.5. The van der Waals surface area contributed by atoms with E-state index >= 15 is 0 Å². The minimum atomic E-state index is -3.97. The number of hydrogen-bond donors (Lipinski definition) is 1. The van der Waals surface area contributed by atoms with Crippen molar-refractivity contribution in [3.63, 3.8) is 0 Å². The van der Waals surface area contributed by atoms with Crippen LogP contribution in [0.2, 0.25) is 0 Å². The van der Waals surface area contributed by atoms with Crippen LogP contribution in [-0.2, 0) is 21.2 Å². The second kappa shape index (κ2) is 11.0. The Balaban J connectivity index is 1.77. The summed E-state index contributed by atoms with van der Waals surface area (Å²) in [7, 11) is -2.43. The van der Waals surface area contributed by atoms with Crippen molar-refractivity contribution in [3.05, 3.63) is 90.0 Å². The third kappa shape index (κ3) is 6.35. The number of carbonyl (C=O) groups excluding carboxylic acids is 1. The lowest BCUT2D eigenvalue weighted by molar-refractivity contribution is -0.120. The molecule has 0 bridgehead atoms. The number of para-hydroxylation sites is 1. The van der Waals surface area contributed by atoms with Gasteiger partial charge in [-0.2, -0.15) is 0 Å². The molecule has 174 valence electrons. The number of nitrogens with one attached hydrogen (secondary N) is 1. The molecule has 1 unspecified atom stereocenters. The second-order valence-electron chi connectivity index (χ2n) is 7.97. The summed E-state index contributed by atoms with van der Waals surface area (Å²) in [4.78, 5) is 13.0. The first-order valence-electron chi connectivity index (χ1n) is 10.9. The van der Waals surface area contributed by atoms with Gasteiger partial charge < -0.3 is 10.1 Å². The molecule has 3 rings (SSSR count). The molecule has 1 amide bonds. The fraction of sp³-hybridized carbons (Fsp3) is 0.269. The number of hydrogen-bond acceptors (Lipinski definition) is 4. The number of benzene rings is 3. The van der Waals surface area contributed by atoms with Crippen molar-refractivity contribution in [2.75, 3.05) is 18.0 Å². The molecule has 33 heavy (non-hydrogen) atoms. The maximum atomic E-state index is 13.5. The number of ether oxygens (including phenoxy) is 1. The average Bonchev–Trinajstić information content (AvgIpc) is 2.82. The number of amides is 1. The van der Waals surface area contributed by atoms with Gasteiger partial charge >= 0.3 is 0 Å². The zero-order valence-electron chi connectivity index (χ0n) is 19.2. The van der Waals surface area contributed by atoms with E-state index in [0.717, 1.165) is 17.1 Å². The van der Waals surface area contributed by atoms with Gasteiger partial charge in [0, 0.05) is 6.04 Å². The lowest BCUT2D eigenvalue weighted by Gasteiger charge is -2.25. The van der Waals surface area contributed by atoms with Crippen LogP contribution in [-0.4, -0.2) is 34.0 Å². The Morgan fingerprint density at radius 2 is 1.64 bits per heavy atom. The Morgan fingerprint density at radius 3 is 2.24 bits per heavy atom. The number of aryl methyl sites for hydroxylation is 2. The molecular formula is C26H30N2O4S. The first-order valence-corrected chi connectivity index (χ1v) is 12.3. The summed E-state index contributed by atoms with van der Waals surface area (Å²) in [5.41, 5.74) is 2.32. The van der Waals surface area contributed by atoms with Crippen molar-refractivity contribution in [1.82, 2.24) is 5.32 Å². The van der Waals surface area contributed by atoms with Crippen molar-refractivity contribution >= 4 is 21.6 Å². The minimum Gasteiger partial charge on any atom is -0.496 e. The summed E-state index contributed by atoms with van der Waals surface area (Å²) in [5.74, 6) is 0.249. The van der Waals surface area contributed by atoms with Gasteiger partial charge in [-0.3, -0.25) is 9.10 Å². The van der Waals surface area contributed by atoms with E-state index < -0.39 is 10.0 Å². The van der Waals surface area contributed by atoms with Crippen LogP contribution in [0.15, 0.2) is 83.8 Å². The highest BCUT2D eigenvalue weighted by molar-refractivity contribution is 7.92. The maximum Gasteiger partial charge on any atom is 0.264 e. The van der Waals surface area contributed by atoms with Gasteiger partial charge in [-0.15, -0.1) is 0 Å². The zero-order chi connectivity index (χ0) is 23.8. The fourth-order valence-corrected chi connectivity index (χ4v) is 5.11. The molecule has 0 spiro atoms. The molecule has 0 aliphatic carbocycles. The van der Waals surface area contributed by atoms with Gasteiger partial charge in [0.15, 0.2) is 0 Å². The first kappa shape index (κ1) is 24.3. The van der Waals surface area contributed by atoms with Gasteiger partial charge in [0.1, 0.15) is 12.3 Å². The molecule has 6 nitrogen and oxygen atoms in total. The number of nitrogens with zero attached hydrogens (tertiary/aromatic N) is 1.